The van der Waals surface area contributed by atoms with Gasteiger partial charge in [0, 0.05) is 5.92 Å². The van der Waals surface area contributed by atoms with Crippen molar-refractivity contribution in [2.75, 3.05) is 7.11 Å². The number of carbonyl (C=O) groups excluding carboxylic acids is 1. The van der Waals surface area contributed by atoms with Crippen LogP contribution in [0.1, 0.15) is 66.2 Å². The van der Waals surface area contributed by atoms with Gasteiger partial charge in [-0.05, 0) is 55.8 Å². The Hall–Kier alpha value is -0.830. The third kappa shape index (κ3) is 2.38. The average molecular weight is 320 g/mol. The van der Waals surface area contributed by atoms with Gasteiger partial charge in [-0.25, -0.2) is 4.79 Å². The number of rotatable bonds is 4. The Labute approximate surface area is 140 Å². The Bertz CT molecular complexity index is 523. The van der Waals surface area contributed by atoms with E-state index in [-0.39, 0.29) is 23.4 Å². The molecule has 0 N–H and O–H groups in total. The predicted molar refractivity (Wildman–Crippen MR) is 91.0 cm³/mol. The number of fused-ring (bicyclic) bond motifs is 2. The van der Waals surface area contributed by atoms with Crippen LogP contribution in [0, 0.1) is 22.7 Å². The first kappa shape index (κ1) is 17.0. The third-order valence-corrected chi connectivity index (χ3v) is 7.16. The minimum absolute atomic E-state index is 0.0560. The van der Waals surface area contributed by atoms with E-state index in [1.807, 2.05) is 0 Å². The molecule has 3 fully saturated rings. The molecule has 0 aromatic heterocycles. The molecule has 0 amide bonds. The second-order valence-corrected chi connectivity index (χ2v) is 9.08. The number of methoxy groups -OCH3 is 1. The maximum atomic E-state index is 12.6. The number of carbonyl (C=O) groups is 1. The zero-order chi connectivity index (χ0) is 17.0. The molecule has 1 heterocycles. The molecule has 2 saturated carbocycles. The van der Waals surface area contributed by atoms with Crippen LogP contribution in [0.2, 0.25) is 0 Å². The number of esters is 1. The standard InChI is InChI=1S/C20H32O3/c1-13(2)8-9-14-19(5)11-7-10-18(3,4)15(19)12-16-20(14,23-16)17(21)22-6/h14-16H,1,7-12H2,2-6H3/t14-,15+,16+,19-,20-/m1/s1. The van der Waals surface area contributed by atoms with E-state index in [4.69, 9.17) is 9.47 Å². The van der Waals surface area contributed by atoms with Gasteiger partial charge in [0.1, 0.15) is 0 Å². The van der Waals surface area contributed by atoms with E-state index in [0.29, 0.717) is 11.3 Å². The van der Waals surface area contributed by atoms with Crippen molar-refractivity contribution in [3.05, 3.63) is 12.2 Å². The summed E-state index contributed by atoms with van der Waals surface area (Å²) in [5, 5.41) is 0. The Morgan fingerprint density at radius 3 is 2.61 bits per heavy atom. The van der Waals surface area contributed by atoms with Gasteiger partial charge in [0.2, 0.25) is 0 Å². The van der Waals surface area contributed by atoms with Crippen molar-refractivity contribution in [3.63, 3.8) is 0 Å². The SMILES string of the molecule is C=C(C)CC[C@@H]1[C@@]2(C)CCCC(C)(C)[C@@H]2C[C@@H]2O[C@@]21C(=O)OC. The summed E-state index contributed by atoms with van der Waals surface area (Å²) in [6.07, 6.45) is 6.70. The van der Waals surface area contributed by atoms with E-state index in [0.717, 1.165) is 19.3 Å². The number of epoxide rings is 1. The second-order valence-electron chi connectivity index (χ2n) is 9.08. The molecule has 0 aromatic rings. The summed E-state index contributed by atoms with van der Waals surface area (Å²) in [7, 11) is 1.49. The van der Waals surface area contributed by atoms with Crippen molar-refractivity contribution in [1.29, 1.82) is 0 Å². The number of hydrogen-bond acceptors (Lipinski definition) is 3. The molecule has 23 heavy (non-hydrogen) atoms. The molecule has 1 saturated heterocycles. The summed E-state index contributed by atoms with van der Waals surface area (Å²) < 4.78 is 11.3. The van der Waals surface area contributed by atoms with Crippen molar-refractivity contribution >= 4 is 5.97 Å². The summed E-state index contributed by atoms with van der Waals surface area (Å²) in [4.78, 5) is 12.6. The summed E-state index contributed by atoms with van der Waals surface area (Å²) in [6.45, 7) is 13.3. The van der Waals surface area contributed by atoms with Gasteiger partial charge in [-0.2, -0.15) is 0 Å². The average Bonchev–Trinajstić information content (AvgIpc) is 3.18. The van der Waals surface area contributed by atoms with E-state index in [1.165, 1.54) is 31.9 Å². The molecule has 3 rings (SSSR count). The topological polar surface area (TPSA) is 38.8 Å². The lowest BCUT2D eigenvalue weighted by Gasteiger charge is -2.57. The summed E-state index contributed by atoms with van der Waals surface area (Å²) in [6, 6.07) is 0. The van der Waals surface area contributed by atoms with E-state index in [9.17, 15) is 4.79 Å². The van der Waals surface area contributed by atoms with Crippen molar-refractivity contribution in [2.45, 2.75) is 77.9 Å². The summed E-state index contributed by atoms with van der Waals surface area (Å²) in [5.41, 5.74) is 0.979. The van der Waals surface area contributed by atoms with Gasteiger partial charge in [0.15, 0.2) is 5.60 Å². The molecular formula is C20H32O3. The lowest BCUT2D eigenvalue weighted by Crippen LogP contribution is -2.57. The smallest absolute Gasteiger partial charge is 0.341 e. The van der Waals surface area contributed by atoms with Gasteiger partial charge in [0.05, 0.1) is 13.2 Å². The molecule has 0 radical (unpaired) electrons. The van der Waals surface area contributed by atoms with E-state index in [1.54, 1.807) is 0 Å². The van der Waals surface area contributed by atoms with Gasteiger partial charge >= 0.3 is 5.97 Å². The molecule has 130 valence electrons. The van der Waals surface area contributed by atoms with Crippen LogP contribution in [0.3, 0.4) is 0 Å². The number of ether oxygens (including phenoxy) is 2. The lowest BCUT2D eigenvalue weighted by atomic mass is 9.46. The van der Waals surface area contributed by atoms with Crippen LogP contribution in [0.25, 0.3) is 0 Å². The van der Waals surface area contributed by atoms with Gasteiger partial charge in [-0.3, -0.25) is 0 Å². The normalized spacial score (nSPS) is 44.0. The zero-order valence-electron chi connectivity index (χ0n) is 15.4. The fraction of sp³-hybridized carbons (Fsp3) is 0.850. The summed E-state index contributed by atoms with van der Waals surface area (Å²) >= 11 is 0. The van der Waals surface area contributed by atoms with Gasteiger partial charge in [0.25, 0.3) is 0 Å². The summed E-state index contributed by atoms with van der Waals surface area (Å²) in [5.74, 6) is 0.698. The monoisotopic (exact) mass is 320 g/mol. The largest absolute Gasteiger partial charge is 0.467 e. The Kier molecular flexibility index (Phi) is 3.95. The quantitative estimate of drug-likeness (QED) is 0.435. The first-order valence-corrected chi connectivity index (χ1v) is 9.09. The molecule has 3 aliphatic rings. The molecule has 0 unspecified atom stereocenters. The molecule has 1 aliphatic heterocycles. The molecule has 0 spiro atoms. The van der Waals surface area contributed by atoms with E-state index in [2.05, 4.69) is 34.3 Å². The highest BCUT2D eigenvalue weighted by Gasteiger charge is 2.76. The van der Waals surface area contributed by atoms with Gasteiger partial charge in [-0.1, -0.05) is 32.8 Å². The Balaban J connectivity index is 1.99. The van der Waals surface area contributed by atoms with Crippen LogP contribution in [-0.2, 0) is 14.3 Å². The predicted octanol–water partition coefficient (Wildman–Crippen LogP) is 4.51. The van der Waals surface area contributed by atoms with Crippen molar-refractivity contribution < 1.29 is 14.3 Å². The second kappa shape index (κ2) is 5.34. The first-order chi connectivity index (χ1) is 10.7. The van der Waals surface area contributed by atoms with Crippen molar-refractivity contribution in [3.8, 4) is 0 Å². The van der Waals surface area contributed by atoms with E-state index < -0.39 is 5.60 Å². The molecular weight excluding hydrogens is 288 g/mol. The number of hydrogen-bond donors (Lipinski definition) is 0. The van der Waals surface area contributed by atoms with Crippen LogP contribution in [0.4, 0.5) is 0 Å². The van der Waals surface area contributed by atoms with Crippen molar-refractivity contribution in [1.82, 2.24) is 0 Å². The molecule has 5 atom stereocenters. The highest BCUT2D eigenvalue weighted by atomic mass is 16.7. The number of allylic oxidation sites excluding steroid dienone is 1. The lowest BCUT2D eigenvalue weighted by molar-refractivity contribution is -0.158. The Morgan fingerprint density at radius 2 is 2.00 bits per heavy atom. The van der Waals surface area contributed by atoms with Crippen LogP contribution in [0.15, 0.2) is 12.2 Å². The van der Waals surface area contributed by atoms with E-state index >= 15 is 0 Å². The first-order valence-electron chi connectivity index (χ1n) is 9.09. The molecule has 0 bridgehead atoms. The third-order valence-electron chi connectivity index (χ3n) is 7.16. The van der Waals surface area contributed by atoms with Crippen LogP contribution < -0.4 is 0 Å². The molecule has 3 nitrogen and oxygen atoms in total. The van der Waals surface area contributed by atoms with Crippen molar-refractivity contribution in [2.24, 2.45) is 22.7 Å². The fourth-order valence-corrected chi connectivity index (χ4v) is 6.02. The minimum Gasteiger partial charge on any atom is -0.467 e. The maximum Gasteiger partial charge on any atom is 0.341 e. The highest BCUT2D eigenvalue weighted by Crippen LogP contribution is 2.69. The van der Waals surface area contributed by atoms with Crippen LogP contribution >= 0.6 is 0 Å². The Morgan fingerprint density at radius 1 is 1.30 bits per heavy atom. The van der Waals surface area contributed by atoms with Crippen LogP contribution in [0.5, 0.6) is 0 Å². The zero-order valence-corrected chi connectivity index (χ0v) is 15.4. The van der Waals surface area contributed by atoms with Crippen LogP contribution in [-0.4, -0.2) is 24.8 Å². The molecule has 0 aromatic carbocycles. The minimum atomic E-state index is -0.678. The van der Waals surface area contributed by atoms with Gasteiger partial charge < -0.3 is 9.47 Å². The molecule has 2 aliphatic carbocycles. The fourth-order valence-electron chi connectivity index (χ4n) is 6.02. The highest BCUT2D eigenvalue weighted by molar-refractivity contribution is 5.84. The van der Waals surface area contributed by atoms with Gasteiger partial charge in [-0.15, -0.1) is 6.58 Å². The molecule has 3 heteroatoms. The maximum absolute atomic E-state index is 12.6.